The van der Waals surface area contributed by atoms with Gasteiger partial charge >= 0.3 is 0 Å². The molecule has 2 saturated heterocycles. The summed E-state index contributed by atoms with van der Waals surface area (Å²) >= 11 is 0. The summed E-state index contributed by atoms with van der Waals surface area (Å²) in [5.41, 5.74) is 2.20. The Labute approximate surface area is 215 Å². The molecule has 2 aliphatic rings. The van der Waals surface area contributed by atoms with E-state index in [-0.39, 0.29) is 0 Å². The van der Waals surface area contributed by atoms with Crippen molar-refractivity contribution in [3.05, 3.63) is 71.9 Å². The predicted octanol–water partition coefficient (Wildman–Crippen LogP) is 4.23. The summed E-state index contributed by atoms with van der Waals surface area (Å²) in [4.78, 5) is 11.7. The number of rotatable bonds is 7. The van der Waals surface area contributed by atoms with Crippen LogP contribution < -0.4 is 4.90 Å². The molecule has 4 heterocycles. The van der Waals surface area contributed by atoms with Gasteiger partial charge < -0.3 is 9.47 Å². The average Bonchev–Trinajstić information content (AvgIpc) is 3.29. The van der Waals surface area contributed by atoms with Gasteiger partial charge in [-0.3, -0.25) is 0 Å². The van der Waals surface area contributed by atoms with Crippen LogP contribution in [0.1, 0.15) is 42.6 Å². The third-order valence-corrected chi connectivity index (χ3v) is 9.64. The first-order valence-corrected chi connectivity index (χ1v) is 14.6. The third kappa shape index (κ3) is 5.49. The van der Waals surface area contributed by atoms with Gasteiger partial charge in [-0.25, -0.2) is 18.4 Å². The quantitative estimate of drug-likeness (QED) is 0.479. The van der Waals surface area contributed by atoms with E-state index < -0.39 is 10.0 Å². The minimum atomic E-state index is -3.62. The third-order valence-electron chi connectivity index (χ3n) is 7.74. The average molecular weight is 508 g/mol. The molecule has 2 aliphatic heterocycles. The maximum absolute atomic E-state index is 13.9. The molecular weight excluding hydrogens is 470 g/mol. The van der Waals surface area contributed by atoms with E-state index in [9.17, 15) is 8.42 Å². The number of hydrogen-bond acceptors (Lipinski definition) is 5. The van der Waals surface area contributed by atoms with Crippen molar-refractivity contribution in [2.45, 2.75) is 50.3 Å². The van der Waals surface area contributed by atoms with Gasteiger partial charge in [-0.1, -0.05) is 30.3 Å². The summed E-state index contributed by atoms with van der Waals surface area (Å²) in [6, 6.07) is 12.3. The van der Waals surface area contributed by atoms with Gasteiger partial charge in [0.2, 0.25) is 10.0 Å². The predicted molar refractivity (Wildman–Crippen MR) is 142 cm³/mol. The summed E-state index contributed by atoms with van der Waals surface area (Å²) in [6.45, 7) is 4.67. The Bertz CT molecular complexity index is 1270. The molecule has 0 N–H and O–H groups in total. The van der Waals surface area contributed by atoms with Gasteiger partial charge in [0, 0.05) is 58.2 Å². The van der Waals surface area contributed by atoms with E-state index in [4.69, 9.17) is 0 Å². The molecule has 36 heavy (non-hydrogen) atoms. The lowest BCUT2D eigenvalue weighted by atomic mass is 9.91. The van der Waals surface area contributed by atoms with Crippen LogP contribution in [-0.2, 0) is 29.9 Å². The zero-order valence-corrected chi connectivity index (χ0v) is 22.2. The minimum absolute atomic E-state index is 0.363. The largest absolute Gasteiger partial charge is 0.355 e. The number of piperidine rings is 2. The Kier molecular flexibility index (Phi) is 7.44. The Morgan fingerprint density at radius 3 is 2.47 bits per heavy atom. The van der Waals surface area contributed by atoms with Crippen molar-refractivity contribution in [2.24, 2.45) is 18.9 Å². The van der Waals surface area contributed by atoms with Crippen LogP contribution in [0.2, 0.25) is 0 Å². The van der Waals surface area contributed by atoms with Crippen LogP contribution in [-0.4, -0.2) is 53.4 Å². The van der Waals surface area contributed by atoms with E-state index >= 15 is 0 Å². The monoisotopic (exact) mass is 507 g/mol. The standard InChI is InChI=1S/C28H37N5O2S/c1-22-17-26(36(34,35)33-14-10-24(11-15-33)18-23-7-4-3-5-8-23)28(30-20-22)32-13-6-9-25(21-32)19-27-29-12-16-31(27)2/h3-5,7-8,12,16-17,20,24-25H,6,9-11,13-15,18-19,21H2,1-2H3. The highest BCUT2D eigenvalue weighted by atomic mass is 32.2. The number of anilines is 1. The molecule has 5 rings (SSSR count). The number of nitrogens with zero attached hydrogens (tertiary/aromatic N) is 5. The fourth-order valence-electron chi connectivity index (χ4n) is 5.68. The highest BCUT2D eigenvalue weighted by Gasteiger charge is 2.34. The molecule has 0 bridgehead atoms. The molecule has 8 heteroatoms. The summed E-state index contributed by atoms with van der Waals surface area (Å²) in [5.74, 6) is 2.62. The van der Waals surface area contributed by atoms with E-state index in [0.29, 0.717) is 35.6 Å². The number of imidazole rings is 1. The SMILES string of the molecule is Cc1cnc(N2CCCC(Cc3nccn3C)C2)c(S(=O)(=O)N2CCC(Cc3ccccc3)CC2)c1. The molecule has 2 aromatic heterocycles. The van der Waals surface area contributed by atoms with Crippen LogP contribution in [0.5, 0.6) is 0 Å². The summed E-state index contributed by atoms with van der Waals surface area (Å²) in [6.07, 6.45) is 11.4. The Morgan fingerprint density at radius 1 is 0.972 bits per heavy atom. The smallest absolute Gasteiger partial charge is 0.246 e. The zero-order valence-electron chi connectivity index (χ0n) is 21.4. The second-order valence-corrected chi connectivity index (χ2v) is 12.4. The summed E-state index contributed by atoms with van der Waals surface area (Å²) < 4.78 is 31.5. The molecule has 0 saturated carbocycles. The van der Waals surface area contributed by atoms with Crippen molar-refractivity contribution in [3.8, 4) is 0 Å². The van der Waals surface area contributed by atoms with E-state index in [0.717, 1.165) is 63.0 Å². The fourth-order valence-corrected chi connectivity index (χ4v) is 7.40. The lowest BCUT2D eigenvalue weighted by molar-refractivity contribution is 0.272. The topological polar surface area (TPSA) is 71.3 Å². The van der Waals surface area contributed by atoms with E-state index in [2.05, 4.69) is 43.7 Å². The second-order valence-electron chi connectivity index (χ2n) is 10.5. The van der Waals surface area contributed by atoms with E-state index in [1.165, 1.54) is 5.56 Å². The first-order chi connectivity index (χ1) is 17.4. The maximum Gasteiger partial charge on any atom is 0.246 e. The van der Waals surface area contributed by atoms with Gasteiger partial charge in [-0.15, -0.1) is 0 Å². The molecule has 0 radical (unpaired) electrons. The second kappa shape index (κ2) is 10.7. The molecule has 0 spiro atoms. The molecule has 2 fully saturated rings. The Hall–Kier alpha value is -2.71. The highest BCUT2D eigenvalue weighted by Crippen LogP contribution is 2.33. The van der Waals surface area contributed by atoms with Gasteiger partial charge in [-0.2, -0.15) is 4.31 Å². The van der Waals surface area contributed by atoms with Crippen LogP contribution in [0.4, 0.5) is 5.82 Å². The summed E-state index contributed by atoms with van der Waals surface area (Å²) in [5, 5.41) is 0. The van der Waals surface area contributed by atoms with Crippen molar-refractivity contribution >= 4 is 15.8 Å². The Morgan fingerprint density at radius 2 is 1.75 bits per heavy atom. The molecule has 192 valence electrons. The number of aromatic nitrogens is 3. The summed E-state index contributed by atoms with van der Waals surface area (Å²) in [7, 11) is -1.60. The molecular formula is C28H37N5O2S. The van der Waals surface area contributed by atoms with Crippen molar-refractivity contribution in [1.82, 2.24) is 18.8 Å². The Balaban J connectivity index is 1.31. The van der Waals surface area contributed by atoms with Crippen molar-refractivity contribution in [3.63, 3.8) is 0 Å². The number of aryl methyl sites for hydroxylation is 2. The number of benzene rings is 1. The molecule has 0 amide bonds. The van der Waals surface area contributed by atoms with Gasteiger partial charge in [-0.05, 0) is 68.1 Å². The van der Waals surface area contributed by atoms with E-state index in [1.807, 2.05) is 38.5 Å². The van der Waals surface area contributed by atoms with Gasteiger partial charge in [0.25, 0.3) is 0 Å². The lowest BCUT2D eigenvalue weighted by Crippen LogP contribution is -2.41. The van der Waals surface area contributed by atoms with Crippen LogP contribution in [0.3, 0.4) is 0 Å². The molecule has 1 unspecified atom stereocenters. The maximum atomic E-state index is 13.9. The van der Waals surface area contributed by atoms with Crippen LogP contribution in [0, 0.1) is 18.8 Å². The van der Waals surface area contributed by atoms with Gasteiger partial charge in [0.1, 0.15) is 16.5 Å². The van der Waals surface area contributed by atoms with Crippen molar-refractivity contribution in [2.75, 3.05) is 31.1 Å². The lowest BCUT2D eigenvalue weighted by Gasteiger charge is -2.36. The molecule has 1 atom stereocenters. The minimum Gasteiger partial charge on any atom is -0.355 e. The molecule has 7 nitrogen and oxygen atoms in total. The highest BCUT2D eigenvalue weighted by molar-refractivity contribution is 7.89. The van der Waals surface area contributed by atoms with E-state index in [1.54, 1.807) is 10.5 Å². The first-order valence-electron chi connectivity index (χ1n) is 13.1. The molecule has 1 aromatic carbocycles. The number of hydrogen-bond donors (Lipinski definition) is 0. The van der Waals surface area contributed by atoms with Crippen LogP contribution in [0.25, 0.3) is 0 Å². The van der Waals surface area contributed by atoms with Crippen LogP contribution >= 0.6 is 0 Å². The van der Waals surface area contributed by atoms with Crippen molar-refractivity contribution in [1.29, 1.82) is 0 Å². The normalized spacial score (nSPS) is 20.1. The molecule has 3 aromatic rings. The molecule has 0 aliphatic carbocycles. The van der Waals surface area contributed by atoms with Crippen LogP contribution in [0.15, 0.2) is 59.9 Å². The zero-order chi connectivity index (χ0) is 25.1. The number of pyridine rings is 1. The first kappa shape index (κ1) is 25.0. The van der Waals surface area contributed by atoms with Gasteiger partial charge in [0.05, 0.1) is 0 Å². The van der Waals surface area contributed by atoms with Crippen molar-refractivity contribution < 1.29 is 8.42 Å². The number of sulfonamides is 1. The fraction of sp³-hybridized carbons (Fsp3) is 0.500. The van der Waals surface area contributed by atoms with Gasteiger partial charge in [0.15, 0.2) is 0 Å².